The topological polar surface area (TPSA) is 53.4 Å². The zero-order chi connectivity index (χ0) is 15.7. The monoisotopic (exact) mass is 398 g/mol. The lowest BCUT2D eigenvalue weighted by Crippen LogP contribution is -1.99. The van der Waals surface area contributed by atoms with Crippen LogP contribution in [0.15, 0.2) is 35.1 Å². The van der Waals surface area contributed by atoms with Crippen LogP contribution in [0, 0.1) is 0 Å². The van der Waals surface area contributed by atoms with Gasteiger partial charge in [0.2, 0.25) is 0 Å². The zero-order valence-corrected chi connectivity index (χ0v) is 14.9. The molecule has 3 aromatic rings. The maximum atomic E-state index is 11.9. The van der Waals surface area contributed by atoms with Crippen LogP contribution in [0.3, 0.4) is 0 Å². The fraction of sp³-hybridized carbons (Fsp3) is 0.143. The first kappa shape index (κ1) is 15.4. The number of halogens is 1. The van der Waals surface area contributed by atoms with E-state index in [2.05, 4.69) is 20.9 Å². The van der Waals surface area contributed by atoms with Crippen molar-refractivity contribution >= 4 is 56.3 Å². The first-order chi connectivity index (χ1) is 10.6. The van der Waals surface area contributed by atoms with Gasteiger partial charge in [-0.2, -0.15) is 0 Å². The quantitative estimate of drug-likeness (QED) is 0.484. The molecule has 8 heteroatoms. The van der Waals surface area contributed by atoms with E-state index in [0.717, 1.165) is 20.5 Å². The molecule has 0 aliphatic rings. The molecule has 0 aliphatic carbocycles. The number of hydrogen-bond donors (Lipinski definition) is 0. The zero-order valence-electron chi connectivity index (χ0n) is 11.7. The van der Waals surface area contributed by atoms with Gasteiger partial charge in [0.1, 0.15) is 11.3 Å². The van der Waals surface area contributed by atoms with Crippen LogP contribution in [0.2, 0.25) is 0 Å². The Hall–Kier alpha value is -1.51. The minimum Gasteiger partial charge on any atom is -0.465 e. The van der Waals surface area contributed by atoms with Crippen molar-refractivity contribution in [3.8, 4) is 10.8 Å². The summed E-state index contributed by atoms with van der Waals surface area (Å²) in [6, 6.07) is 7.67. The molecular formula is C14H11BrN2O3S2. The van der Waals surface area contributed by atoms with E-state index in [9.17, 15) is 4.79 Å². The molecule has 5 nitrogen and oxygen atoms in total. The first-order valence-electron chi connectivity index (χ1n) is 6.20. The maximum absolute atomic E-state index is 11.9. The van der Waals surface area contributed by atoms with E-state index in [4.69, 9.17) is 8.92 Å². The summed E-state index contributed by atoms with van der Waals surface area (Å²) < 4.78 is 13.2. The number of carbonyl (C=O) groups excluding carboxylic acids is 1. The average Bonchev–Trinajstić information content (AvgIpc) is 3.10. The molecule has 0 bridgehead atoms. The second-order valence-electron chi connectivity index (χ2n) is 4.27. The minimum atomic E-state index is -0.411. The summed E-state index contributed by atoms with van der Waals surface area (Å²) in [4.78, 5) is 16.7. The Labute approximate surface area is 143 Å². The molecule has 0 unspecified atom stereocenters. The van der Waals surface area contributed by atoms with Gasteiger partial charge >= 0.3 is 5.97 Å². The Bertz CT molecular complexity index is 844. The SMILES string of the molecule is COC(=O)c1sc(-n2cnc3ccc(Br)cc32)cc1OSC. The van der Waals surface area contributed by atoms with Crippen molar-refractivity contribution in [1.29, 1.82) is 0 Å². The van der Waals surface area contributed by atoms with Gasteiger partial charge in [-0.25, -0.2) is 9.78 Å². The van der Waals surface area contributed by atoms with Crippen molar-refractivity contribution in [3.05, 3.63) is 39.9 Å². The number of esters is 1. The number of thiophene rings is 1. The minimum absolute atomic E-state index is 0.411. The van der Waals surface area contributed by atoms with Crippen molar-refractivity contribution < 1.29 is 13.7 Å². The lowest BCUT2D eigenvalue weighted by atomic mass is 10.3. The Kier molecular flexibility index (Phi) is 4.42. The molecule has 3 rings (SSSR count). The van der Waals surface area contributed by atoms with Gasteiger partial charge in [-0.3, -0.25) is 4.57 Å². The molecule has 0 N–H and O–H groups in total. The number of nitrogens with zero attached hydrogens (tertiary/aromatic N) is 2. The summed E-state index contributed by atoms with van der Waals surface area (Å²) in [6.07, 6.45) is 3.52. The van der Waals surface area contributed by atoms with E-state index >= 15 is 0 Å². The van der Waals surface area contributed by atoms with Crippen LogP contribution in [0.5, 0.6) is 5.75 Å². The molecule has 0 aliphatic heterocycles. The van der Waals surface area contributed by atoms with Gasteiger partial charge in [-0.05, 0) is 18.2 Å². The summed E-state index contributed by atoms with van der Waals surface area (Å²) >= 11 is 5.95. The summed E-state index contributed by atoms with van der Waals surface area (Å²) in [5.74, 6) is 0.0853. The Morgan fingerprint density at radius 3 is 2.95 bits per heavy atom. The fourth-order valence-electron chi connectivity index (χ4n) is 2.02. The van der Waals surface area contributed by atoms with E-state index < -0.39 is 5.97 Å². The van der Waals surface area contributed by atoms with Crippen LogP contribution in [0.25, 0.3) is 16.0 Å². The number of benzene rings is 1. The molecule has 0 fully saturated rings. The molecule has 2 heterocycles. The fourth-order valence-corrected chi connectivity index (χ4v) is 3.72. The van der Waals surface area contributed by atoms with Crippen LogP contribution < -0.4 is 4.18 Å². The molecule has 2 aromatic heterocycles. The number of methoxy groups -OCH3 is 1. The predicted molar refractivity (Wildman–Crippen MR) is 92.1 cm³/mol. The lowest BCUT2D eigenvalue weighted by Gasteiger charge is -2.00. The highest BCUT2D eigenvalue weighted by molar-refractivity contribution is 9.10. The van der Waals surface area contributed by atoms with Gasteiger partial charge in [0, 0.05) is 16.8 Å². The van der Waals surface area contributed by atoms with Crippen molar-refractivity contribution in [1.82, 2.24) is 9.55 Å². The predicted octanol–water partition coefficient (Wildman–Crippen LogP) is 4.29. The van der Waals surface area contributed by atoms with E-state index in [0.29, 0.717) is 10.6 Å². The summed E-state index contributed by atoms with van der Waals surface area (Å²) in [6.45, 7) is 0. The number of aromatic nitrogens is 2. The number of fused-ring (bicyclic) bond motifs is 1. The molecule has 0 spiro atoms. The van der Waals surface area contributed by atoms with Crippen LogP contribution in [0.1, 0.15) is 9.67 Å². The van der Waals surface area contributed by atoms with E-state index in [1.165, 1.54) is 30.5 Å². The largest absolute Gasteiger partial charge is 0.465 e. The molecule has 0 amide bonds. The number of carbonyl (C=O) groups is 1. The van der Waals surface area contributed by atoms with Gasteiger partial charge in [-0.15, -0.1) is 11.3 Å². The molecular weight excluding hydrogens is 388 g/mol. The van der Waals surface area contributed by atoms with Crippen molar-refractivity contribution in [3.63, 3.8) is 0 Å². The molecule has 1 aromatic carbocycles. The highest BCUT2D eigenvalue weighted by Crippen LogP contribution is 2.35. The van der Waals surface area contributed by atoms with Crippen LogP contribution in [-0.4, -0.2) is 28.9 Å². The Morgan fingerprint density at radius 2 is 2.23 bits per heavy atom. The van der Waals surface area contributed by atoms with Crippen LogP contribution >= 0.6 is 39.3 Å². The molecule has 0 radical (unpaired) electrons. The lowest BCUT2D eigenvalue weighted by molar-refractivity contribution is 0.0604. The van der Waals surface area contributed by atoms with E-state index in [1.54, 1.807) is 12.6 Å². The number of rotatable bonds is 4. The number of imidazole rings is 1. The van der Waals surface area contributed by atoms with Crippen molar-refractivity contribution in [2.75, 3.05) is 13.4 Å². The molecule has 0 saturated carbocycles. The van der Waals surface area contributed by atoms with Gasteiger partial charge in [0.15, 0.2) is 10.6 Å². The van der Waals surface area contributed by atoms with Gasteiger partial charge in [0.05, 0.1) is 30.2 Å². The van der Waals surface area contributed by atoms with E-state index in [1.807, 2.05) is 28.8 Å². The van der Waals surface area contributed by atoms with Crippen LogP contribution in [0.4, 0.5) is 0 Å². The third-order valence-electron chi connectivity index (χ3n) is 2.98. The van der Waals surface area contributed by atoms with E-state index in [-0.39, 0.29) is 0 Å². The molecule has 114 valence electrons. The normalized spacial score (nSPS) is 10.9. The summed E-state index contributed by atoms with van der Waals surface area (Å²) in [5.41, 5.74) is 1.83. The second-order valence-corrected chi connectivity index (χ2v) is 6.71. The summed E-state index contributed by atoms with van der Waals surface area (Å²) in [7, 11) is 1.36. The Morgan fingerprint density at radius 1 is 1.41 bits per heavy atom. The van der Waals surface area contributed by atoms with Crippen molar-refractivity contribution in [2.24, 2.45) is 0 Å². The number of ether oxygens (including phenoxy) is 1. The van der Waals surface area contributed by atoms with Gasteiger partial charge in [-0.1, -0.05) is 15.9 Å². The standard InChI is InChI=1S/C14H11BrN2O3S2/c1-19-14(18)13-11(20-21-2)6-12(22-13)17-7-16-9-4-3-8(15)5-10(9)17/h3-7H,1-2H3. The first-order valence-corrected chi connectivity index (χ1v) is 8.95. The molecule has 0 saturated heterocycles. The highest BCUT2D eigenvalue weighted by Gasteiger charge is 2.20. The maximum Gasteiger partial charge on any atom is 0.352 e. The average molecular weight is 399 g/mol. The third-order valence-corrected chi connectivity index (χ3v) is 4.91. The second kappa shape index (κ2) is 6.31. The van der Waals surface area contributed by atoms with Gasteiger partial charge < -0.3 is 8.92 Å². The summed E-state index contributed by atoms with van der Waals surface area (Å²) in [5, 5.41) is 0.838. The smallest absolute Gasteiger partial charge is 0.352 e. The third kappa shape index (κ3) is 2.73. The molecule has 22 heavy (non-hydrogen) atoms. The number of hydrogen-bond acceptors (Lipinski definition) is 6. The van der Waals surface area contributed by atoms with Gasteiger partial charge in [0.25, 0.3) is 0 Å². The highest BCUT2D eigenvalue weighted by atomic mass is 79.9. The molecule has 0 atom stereocenters. The van der Waals surface area contributed by atoms with Crippen molar-refractivity contribution in [2.45, 2.75) is 0 Å². The van der Waals surface area contributed by atoms with Crippen LogP contribution in [-0.2, 0) is 4.74 Å². The Balaban J connectivity index is 2.14.